The Hall–Kier alpha value is -3.40. The standard InChI is InChI=1S/C21H23N5O2/c1-4-26-18-8-6-5-7-17(18)25-19(26)12-23-20(27)10-9-15-13(2)16(11-22)21(28)24-14(15)3/h5-8H,4,9-10,12H2,1-3H3,(H,23,27)(H,24,28). The Bertz CT molecular complexity index is 1130. The van der Waals surface area contributed by atoms with Gasteiger partial charge in [0.2, 0.25) is 5.91 Å². The van der Waals surface area contributed by atoms with Crippen LogP contribution >= 0.6 is 0 Å². The number of para-hydroxylation sites is 2. The molecule has 3 rings (SSSR count). The lowest BCUT2D eigenvalue weighted by Crippen LogP contribution is -2.25. The molecule has 2 heterocycles. The van der Waals surface area contributed by atoms with Crippen molar-refractivity contribution >= 4 is 16.9 Å². The molecule has 0 saturated carbocycles. The van der Waals surface area contributed by atoms with Crippen LogP contribution in [-0.4, -0.2) is 20.4 Å². The number of imidazole rings is 1. The van der Waals surface area contributed by atoms with Gasteiger partial charge in [-0.25, -0.2) is 4.98 Å². The first-order valence-electron chi connectivity index (χ1n) is 9.29. The molecule has 7 heteroatoms. The van der Waals surface area contributed by atoms with Gasteiger partial charge in [0.25, 0.3) is 5.56 Å². The normalized spacial score (nSPS) is 10.8. The molecule has 0 aliphatic carbocycles. The number of nitriles is 1. The van der Waals surface area contributed by atoms with Crippen LogP contribution in [0.4, 0.5) is 0 Å². The average molecular weight is 377 g/mol. The van der Waals surface area contributed by atoms with E-state index < -0.39 is 0 Å². The van der Waals surface area contributed by atoms with Crippen LogP contribution in [-0.2, 0) is 24.3 Å². The molecular weight excluding hydrogens is 354 g/mol. The molecule has 28 heavy (non-hydrogen) atoms. The van der Waals surface area contributed by atoms with Crippen molar-refractivity contribution in [2.75, 3.05) is 0 Å². The number of aryl methyl sites for hydroxylation is 2. The lowest BCUT2D eigenvalue weighted by Gasteiger charge is -2.11. The van der Waals surface area contributed by atoms with E-state index in [2.05, 4.69) is 19.9 Å². The quantitative estimate of drug-likeness (QED) is 0.689. The summed E-state index contributed by atoms with van der Waals surface area (Å²) >= 11 is 0. The summed E-state index contributed by atoms with van der Waals surface area (Å²) in [7, 11) is 0. The highest BCUT2D eigenvalue weighted by molar-refractivity contribution is 5.77. The molecule has 1 amide bonds. The van der Waals surface area contributed by atoms with Crippen molar-refractivity contribution in [3.05, 3.63) is 62.8 Å². The Labute approximate surface area is 163 Å². The van der Waals surface area contributed by atoms with Crippen molar-refractivity contribution in [2.24, 2.45) is 0 Å². The second-order valence-electron chi connectivity index (χ2n) is 6.71. The molecule has 144 valence electrons. The van der Waals surface area contributed by atoms with Gasteiger partial charge in [-0.3, -0.25) is 9.59 Å². The third-order valence-corrected chi connectivity index (χ3v) is 5.02. The van der Waals surface area contributed by atoms with Gasteiger partial charge in [-0.05, 0) is 50.5 Å². The van der Waals surface area contributed by atoms with Gasteiger partial charge >= 0.3 is 0 Å². The number of carbonyl (C=O) groups is 1. The molecule has 0 fully saturated rings. The number of fused-ring (bicyclic) bond motifs is 1. The zero-order valence-corrected chi connectivity index (χ0v) is 16.3. The number of benzene rings is 1. The first kappa shape index (κ1) is 19.4. The van der Waals surface area contributed by atoms with Crippen LogP contribution in [0.2, 0.25) is 0 Å². The molecule has 2 N–H and O–H groups in total. The maximum atomic E-state index is 12.4. The second-order valence-corrected chi connectivity index (χ2v) is 6.71. The molecule has 0 aliphatic rings. The summed E-state index contributed by atoms with van der Waals surface area (Å²) in [6.45, 7) is 6.71. The van der Waals surface area contributed by atoms with Crippen molar-refractivity contribution in [1.82, 2.24) is 19.9 Å². The topological polar surface area (TPSA) is 104 Å². The lowest BCUT2D eigenvalue weighted by atomic mass is 9.99. The fourth-order valence-corrected chi connectivity index (χ4v) is 3.54. The third kappa shape index (κ3) is 3.67. The van der Waals surface area contributed by atoms with Crippen molar-refractivity contribution < 1.29 is 4.79 Å². The number of nitrogens with one attached hydrogen (secondary N) is 2. The minimum atomic E-state index is -0.385. The first-order chi connectivity index (χ1) is 13.5. The minimum absolute atomic E-state index is 0.0989. The summed E-state index contributed by atoms with van der Waals surface area (Å²) in [5, 5.41) is 12.1. The summed E-state index contributed by atoms with van der Waals surface area (Å²) < 4.78 is 2.09. The van der Waals surface area contributed by atoms with E-state index in [1.165, 1.54) is 0 Å². The molecule has 0 radical (unpaired) electrons. The van der Waals surface area contributed by atoms with Crippen LogP contribution in [0.15, 0.2) is 29.1 Å². The third-order valence-electron chi connectivity index (χ3n) is 5.02. The highest BCUT2D eigenvalue weighted by Gasteiger charge is 2.14. The number of aromatic amines is 1. The molecule has 1 aromatic carbocycles. The summed E-state index contributed by atoms with van der Waals surface area (Å²) in [5.74, 6) is 0.721. The van der Waals surface area contributed by atoms with E-state index in [4.69, 9.17) is 5.26 Å². The number of rotatable bonds is 6. The molecule has 0 saturated heterocycles. The van der Waals surface area contributed by atoms with E-state index in [0.29, 0.717) is 24.2 Å². The van der Waals surface area contributed by atoms with Crippen molar-refractivity contribution in [3.8, 4) is 6.07 Å². The molecule has 0 spiro atoms. The molecule has 0 aliphatic heterocycles. The SMILES string of the molecule is CCn1c(CNC(=O)CCc2c(C)[nH]c(=O)c(C#N)c2C)nc2ccccc21. The fraction of sp³-hybridized carbons (Fsp3) is 0.333. The van der Waals surface area contributed by atoms with Gasteiger partial charge in [-0.15, -0.1) is 0 Å². The summed E-state index contributed by atoms with van der Waals surface area (Å²) in [6, 6.07) is 9.84. The van der Waals surface area contributed by atoms with E-state index in [0.717, 1.165) is 29.0 Å². The highest BCUT2D eigenvalue weighted by Crippen LogP contribution is 2.17. The Morgan fingerprint density at radius 1 is 1.32 bits per heavy atom. The van der Waals surface area contributed by atoms with E-state index in [1.54, 1.807) is 13.8 Å². The number of pyridine rings is 1. The van der Waals surface area contributed by atoms with Gasteiger partial charge in [-0.1, -0.05) is 12.1 Å². The van der Waals surface area contributed by atoms with Gasteiger partial charge < -0.3 is 14.9 Å². The van der Waals surface area contributed by atoms with Gasteiger partial charge in [-0.2, -0.15) is 5.26 Å². The van der Waals surface area contributed by atoms with Gasteiger partial charge in [0.1, 0.15) is 17.5 Å². The Balaban J connectivity index is 1.68. The predicted octanol–water partition coefficient (Wildman–Crippen LogP) is 2.48. The van der Waals surface area contributed by atoms with Crippen LogP contribution in [0.3, 0.4) is 0 Å². The van der Waals surface area contributed by atoms with Gasteiger partial charge in [0.15, 0.2) is 0 Å². The Kier molecular flexibility index (Phi) is 5.59. The van der Waals surface area contributed by atoms with E-state index in [1.807, 2.05) is 37.3 Å². The van der Waals surface area contributed by atoms with Crippen molar-refractivity contribution in [2.45, 2.75) is 46.7 Å². The van der Waals surface area contributed by atoms with Crippen LogP contribution in [0, 0.1) is 25.2 Å². The molecule has 3 aromatic rings. The van der Waals surface area contributed by atoms with Gasteiger partial charge in [0.05, 0.1) is 17.6 Å². The number of aromatic nitrogens is 3. The monoisotopic (exact) mass is 377 g/mol. The molecule has 2 aromatic heterocycles. The maximum absolute atomic E-state index is 12.4. The predicted molar refractivity (Wildman–Crippen MR) is 107 cm³/mol. The number of hydrogen-bond donors (Lipinski definition) is 2. The first-order valence-corrected chi connectivity index (χ1v) is 9.29. The molecular formula is C21H23N5O2. The van der Waals surface area contributed by atoms with Crippen LogP contribution in [0.1, 0.15) is 41.6 Å². The molecule has 0 unspecified atom stereocenters. The molecule has 7 nitrogen and oxygen atoms in total. The summed E-state index contributed by atoms with van der Waals surface area (Å²) in [4.78, 5) is 31.5. The molecule has 0 atom stereocenters. The van der Waals surface area contributed by atoms with E-state index in [-0.39, 0.29) is 23.5 Å². The summed E-state index contributed by atoms with van der Waals surface area (Å²) in [5.41, 5.74) is 3.87. The number of nitrogens with zero attached hydrogens (tertiary/aromatic N) is 3. The van der Waals surface area contributed by atoms with Crippen molar-refractivity contribution in [1.29, 1.82) is 5.26 Å². The minimum Gasteiger partial charge on any atom is -0.349 e. The number of H-pyrrole nitrogens is 1. The summed E-state index contributed by atoms with van der Waals surface area (Å²) in [6.07, 6.45) is 0.726. The number of amides is 1. The number of carbonyl (C=O) groups excluding carboxylic acids is 1. The smallest absolute Gasteiger partial charge is 0.266 e. The van der Waals surface area contributed by atoms with Crippen LogP contribution in [0.25, 0.3) is 11.0 Å². The molecule has 0 bridgehead atoms. The maximum Gasteiger partial charge on any atom is 0.266 e. The highest BCUT2D eigenvalue weighted by atomic mass is 16.1. The van der Waals surface area contributed by atoms with E-state index in [9.17, 15) is 9.59 Å². The van der Waals surface area contributed by atoms with Crippen LogP contribution < -0.4 is 10.9 Å². The zero-order chi connectivity index (χ0) is 20.3. The zero-order valence-electron chi connectivity index (χ0n) is 16.3. The van der Waals surface area contributed by atoms with Gasteiger partial charge in [0, 0.05) is 18.7 Å². The average Bonchev–Trinajstić information content (AvgIpc) is 3.03. The lowest BCUT2D eigenvalue weighted by molar-refractivity contribution is -0.121. The fourth-order valence-electron chi connectivity index (χ4n) is 3.54. The van der Waals surface area contributed by atoms with Crippen molar-refractivity contribution in [3.63, 3.8) is 0 Å². The largest absolute Gasteiger partial charge is 0.349 e. The number of hydrogen-bond acceptors (Lipinski definition) is 4. The van der Waals surface area contributed by atoms with Crippen LogP contribution in [0.5, 0.6) is 0 Å². The van der Waals surface area contributed by atoms with E-state index >= 15 is 0 Å². The second kappa shape index (κ2) is 8.09. The Morgan fingerprint density at radius 3 is 2.79 bits per heavy atom. The Morgan fingerprint density at radius 2 is 2.07 bits per heavy atom.